The third-order valence-electron chi connectivity index (χ3n) is 4.49. The Morgan fingerprint density at radius 3 is 2.58 bits per heavy atom. The Labute approximate surface area is 151 Å². The van der Waals surface area contributed by atoms with Crippen LogP contribution in [0.2, 0.25) is 0 Å². The molecule has 0 aliphatic heterocycles. The highest BCUT2D eigenvalue weighted by molar-refractivity contribution is 6.15. The van der Waals surface area contributed by atoms with Gasteiger partial charge in [0.1, 0.15) is 5.75 Å². The molecule has 4 aromatic rings. The van der Waals surface area contributed by atoms with Crippen molar-refractivity contribution in [1.29, 1.82) is 0 Å². The average Bonchev–Trinajstić information content (AvgIpc) is 2.69. The first-order valence-electron chi connectivity index (χ1n) is 8.55. The molecule has 0 bridgehead atoms. The normalized spacial score (nSPS) is 10.9. The lowest BCUT2D eigenvalue weighted by atomic mass is 10.0. The molecule has 1 aromatic heterocycles. The van der Waals surface area contributed by atoms with Crippen LogP contribution in [0.15, 0.2) is 72.9 Å². The van der Waals surface area contributed by atoms with Gasteiger partial charge in [0.2, 0.25) is 0 Å². The molecule has 1 amide bonds. The number of carbonyl (C=O) groups is 1. The summed E-state index contributed by atoms with van der Waals surface area (Å²) in [6.45, 7) is 0.519. The summed E-state index contributed by atoms with van der Waals surface area (Å²) in [5.74, 6) is 0.115. The number of pyridine rings is 1. The van der Waals surface area contributed by atoms with E-state index >= 15 is 0 Å². The Kier molecular flexibility index (Phi) is 4.23. The van der Waals surface area contributed by atoms with Crippen LogP contribution >= 0.6 is 0 Å². The highest BCUT2D eigenvalue weighted by atomic mass is 16.3. The smallest absolute Gasteiger partial charge is 0.253 e. The lowest BCUT2D eigenvalue weighted by Gasteiger charge is -2.10. The molecule has 0 spiro atoms. The Balaban J connectivity index is 1.60. The third-order valence-corrected chi connectivity index (χ3v) is 4.49. The van der Waals surface area contributed by atoms with Crippen LogP contribution in [0.5, 0.6) is 5.75 Å². The van der Waals surface area contributed by atoms with Crippen molar-refractivity contribution in [2.24, 2.45) is 0 Å². The molecule has 4 rings (SSSR count). The van der Waals surface area contributed by atoms with Gasteiger partial charge in [-0.1, -0.05) is 42.5 Å². The van der Waals surface area contributed by atoms with E-state index in [1.807, 2.05) is 54.6 Å². The molecule has 4 heteroatoms. The first-order valence-corrected chi connectivity index (χ1v) is 8.55. The molecule has 0 fully saturated rings. The van der Waals surface area contributed by atoms with Crippen molar-refractivity contribution in [2.45, 2.75) is 6.42 Å². The van der Waals surface area contributed by atoms with Gasteiger partial charge in [0.15, 0.2) is 0 Å². The second-order valence-electron chi connectivity index (χ2n) is 6.22. The van der Waals surface area contributed by atoms with Gasteiger partial charge in [-0.25, -0.2) is 0 Å². The lowest BCUT2D eigenvalue weighted by Crippen LogP contribution is -2.26. The number of phenolic OH excluding ortho intramolecular Hbond substituents is 1. The fraction of sp³-hybridized carbons (Fsp3) is 0.0909. The van der Waals surface area contributed by atoms with Crippen LogP contribution in [0.3, 0.4) is 0 Å². The van der Waals surface area contributed by atoms with Crippen LogP contribution < -0.4 is 5.32 Å². The number of aromatic hydroxyl groups is 1. The van der Waals surface area contributed by atoms with Gasteiger partial charge in [0.25, 0.3) is 5.91 Å². The summed E-state index contributed by atoms with van der Waals surface area (Å²) in [5, 5.41) is 15.4. The number of nitrogens with one attached hydrogen (secondary N) is 1. The zero-order chi connectivity index (χ0) is 17.9. The standard InChI is InChI=1S/C22H18N2O2/c25-17-9-7-15(8-10-17)11-13-24-22(26)20-14-16-4-1-2-5-18(16)19-6-3-12-23-21(19)20/h1-10,12,14,25H,11,13H2,(H,24,26). The zero-order valence-electron chi connectivity index (χ0n) is 14.1. The van der Waals surface area contributed by atoms with E-state index in [2.05, 4.69) is 10.3 Å². The Hall–Kier alpha value is -3.40. The first kappa shape index (κ1) is 16.1. The molecule has 4 nitrogen and oxygen atoms in total. The van der Waals surface area contributed by atoms with Crippen LogP contribution in [-0.4, -0.2) is 22.5 Å². The molecular formula is C22H18N2O2. The molecule has 26 heavy (non-hydrogen) atoms. The minimum atomic E-state index is -0.127. The average molecular weight is 342 g/mol. The molecule has 0 unspecified atom stereocenters. The third kappa shape index (κ3) is 3.09. The zero-order valence-corrected chi connectivity index (χ0v) is 14.1. The number of rotatable bonds is 4. The summed E-state index contributed by atoms with van der Waals surface area (Å²) >= 11 is 0. The van der Waals surface area contributed by atoms with Crippen LogP contribution in [0.1, 0.15) is 15.9 Å². The Bertz CT molecular complexity index is 1090. The van der Waals surface area contributed by atoms with Gasteiger partial charge in [0.05, 0.1) is 11.1 Å². The number of hydrogen-bond acceptors (Lipinski definition) is 3. The van der Waals surface area contributed by atoms with E-state index in [0.29, 0.717) is 24.0 Å². The summed E-state index contributed by atoms with van der Waals surface area (Å²) in [4.78, 5) is 17.2. The molecule has 1 heterocycles. The van der Waals surface area contributed by atoms with E-state index in [1.54, 1.807) is 18.3 Å². The summed E-state index contributed by atoms with van der Waals surface area (Å²) < 4.78 is 0. The van der Waals surface area contributed by atoms with E-state index < -0.39 is 0 Å². The minimum Gasteiger partial charge on any atom is -0.508 e. The quantitative estimate of drug-likeness (QED) is 0.550. The number of fused-ring (bicyclic) bond motifs is 3. The molecule has 3 aromatic carbocycles. The second kappa shape index (κ2) is 6.84. The summed E-state index contributed by atoms with van der Waals surface area (Å²) in [5.41, 5.74) is 2.36. The van der Waals surface area contributed by atoms with Crippen molar-refractivity contribution in [3.63, 3.8) is 0 Å². The maximum Gasteiger partial charge on any atom is 0.253 e. The number of hydrogen-bond donors (Lipinski definition) is 2. The first-order chi connectivity index (χ1) is 12.7. The largest absolute Gasteiger partial charge is 0.508 e. The topological polar surface area (TPSA) is 62.2 Å². The molecule has 0 atom stereocenters. The second-order valence-corrected chi connectivity index (χ2v) is 6.22. The molecular weight excluding hydrogens is 324 g/mol. The number of benzene rings is 3. The van der Waals surface area contributed by atoms with E-state index in [1.165, 1.54) is 0 Å². The van der Waals surface area contributed by atoms with Gasteiger partial charge < -0.3 is 10.4 Å². The van der Waals surface area contributed by atoms with Crippen molar-refractivity contribution in [2.75, 3.05) is 6.54 Å². The van der Waals surface area contributed by atoms with Crippen molar-refractivity contribution >= 4 is 27.6 Å². The summed E-state index contributed by atoms with van der Waals surface area (Å²) in [6.07, 6.45) is 2.41. The number of amides is 1. The minimum absolute atomic E-state index is 0.127. The van der Waals surface area contributed by atoms with E-state index in [0.717, 1.165) is 21.7 Å². The number of carbonyl (C=O) groups excluding carboxylic acids is 1. The number of nitrogens with zero attached hydrogens (tertiary/aromatic N) is 1. The van der Waals surface area contributed by atoms with Crippen molar-refractivity contribution in [3.05, 3.63) is 84.1 Å². The molecule has 0 saturated carbocycles. The number of aromatic nitrogens is 1. The van der Waals surface area contributed by atoms with Crippen molar-refractivity contribution < 1.29 is 9.90 Å². The van der Waals surface area contributed by atoms with Gasteiger partial charge in [-0.3, -0.25) is 9.78 Å². The highest BCUT2D eigenvalue weighted by Crippen LogP contribution is 2.27. The molecule has 0 radical (unpaired) electrons. The van der Waals surface area contributed by atoms with Gasteiger partial charge >= 0.3 is 0 Å². The molecule has 0 aliphatic carbocycles. The van der Waals surface area contributed by atoms with Crippen LogP contribution in [0, 0.1) is 0 Å². The van der Waals surface area contributed by atoms with Gasteiger partial charge in [-0.15, -0.1) is 0 Å². The van der Waals surface area contributed by atoms with E-state index in [-0.39, 0.29) is 11.7 Å². The fourth-order valence-electron chi connectivity index (χ4n) is 3.18. The molecule has 0 aliphatic rings. The van der Waals surface area contributed by atoms with E-state index in [4.69, 9.17) is 0 Å². The molecule has 128 valence electrons. The highest BCUT2D eigenvalue weighted by Gasteiger charge is 2.13. The fourth-order valence-corrected chi connectivity index (χ4v) is 3.18. The summed E-state index contributed by atoms with van der Waals surface area (Å²) in [6, 6.07) is 20.8. The lowest BCUT2D eigenvalue weighted by molar-refractivity contribution is 0.0955. The number of phenols is 1. The van der Waals surface area contributed by atoms with E-state index in [9.17, 15) is 9.90 Å². The van der Waals surface area contributed by atoms with Crippen LogP contribution in [0.25, 0.3) is 21.7 Å². The predicted molar refractivity (Wildman–Crippen MR) is 103 cm³/mol. The van der Waals surface area contributed by atoms with Crippen LogP contribution in [-0.2, 0) is 6.42 Å². The maximum atomic E-state index is 12.8. The molecule has 0 saturated heterocycles. The van der Waals surface area contributed by atoms with Gasteiger partial charge in [-0.05, 0) is 47.0 Å². The predicted octanol–water partition coefficient (Wildman–Crippen LogP) is 4.07. The Morgan fingerprint density at radius 2 is 1.73 bits per heavy atom. The summed E-state index contributed by atoms with van der Waals surface area (Å²) in [7, 11) is 0. The Morgan fingerprint density at radius 1 is 0.962 bits per heavy atom. The van der Waals surface area contributed by atoms with Crippen molar-refractivity contribution in [3.8, 4) is 5.75 Å². The van der Waals surface area contributed by atoms with Crippen LogP contribution in [0.4, 0.5) is 0 Å². The molecule has 2 N–H and O–H groups in total. The van der Waals surface area contributed by atoms with Crippen molar-refractivity contribution in [1.82, 2.24) is 10.3 Å². The maximum absolute atomic E-state index is 12.8. The monoisotopic (exact) mass is 342 g/mol. The van der Waals surface area contributed by atoms with Gasteiger partial charge in [0, 0.05) is 18.1 Å². The SMILES string of the molecule is O=C(NCCc1ccc(O)cc1)c1cc2ccccc2c2cccnc12. The van der Waals surface area contributed by atoms with Gasteiger partial charge in [-0.2, -0.15) is 0 Å².